The van der Waals surface area contributed by atoms with Gasteiger partial charge in [0.25, 0.3) is 0 Å². The third kappa shape index (κ3) is 3.29. The van der Waals surface area contributed by atoms with Crippen molar-refractivity contribution in [1.29, 1.82) is 0 Å². The van der Waals surface area contributed by atoms with Gasteiger partial charge in [-0.1, -0.05) is 25.0 Å². The predicted octanol–water partition coefficient (Wildman–Crippen LogP) is 2.92. The molecule has 3 fully saturated rings. The van der Waals surface area contributed by atoms with Crippen LogP contribution in [0.15, 0.2) is 24.3 Å². The maximum absolute atomic E-state index is 13.1. The zero-order valence-electron chi connectivity index (χ0n) is 16.3. The second-order valence-electron chi connectivity index (χ2n) is 8.52. The first-order valence-corrected chi connectivity index (χ1v) is 10.7. The van der Waals surface area contributed by atoms with Crippen molar-refractivity contribution in [1.82, 2.24) is 19.4 Å². The van der Waals surface area contributed by atoms with Crippen LogP contribution in [0.5, 0.6) is 0 Å². The molecule has 2 amide bonds. The summed E-state index contributed by atoms with van der Waals surface area (Å²) in [7, 11) is 0. The second-order valence-corrected chi connectivity index (χ2v) is 8.52. The van der Waals surface area contributed by atoms with Crippen molar-refractivity contribution >= 4 is 22.8 Å². The molecule has 3 aliphatic rings. The van der Waals surface area contributed by atoms with Gasteiger partial charge in [0.05, 0.1) is 11.0 Å². The molecule has 28 heavy (non-hydrogen) atoms. The number of rotatable bonds is 4. The number of amides is 2. The van der Waals surface area contributed by atoms with E-state index in [1.807, 2.05) is 34.1 Å². The van der Waals surface area contributed by atoms with Crippen molar-refractivity contribution in [3.05, 3.63) is 30.1 Å². The van der Waals surface area contributed by atoms with Crippen molar-refractivity contribution in [2.45, 2.75) is 63.5 Å². The highest BCUT2D eigenvalue weighted by Crippen LogP contribution is 2.37. The molecule has 3 heterocycles. The van der Waals surface area contributed by atoms with E-state index in [1.54, 1.807) is 0 Å². The van der Waals surface area contributed by atoms with Crippen molar-refractivity contribution < 1.29 is 9.59 Å². The van der Waals surface area contributed by atoms with Crippen LogP contribution in [0.1, 0.15) is 56.7 Å². The van der Waals surface area contributed by atoms with Crippen molar-refractivity contribution in [3.8, 4) is 0 Å². The molecule has 0 unspecified atom stereocenters. The van der Waals surface area contributed by atoms with Gasteiger partial charge in [0.15, 0.2) is 0 Å². The van der Waals surface area contributed by atoms with Crippen LogP contribution in [-0.2, 0) is 16.1 Å². The number of hydrogen-bond donors (Lipinski definition) is 0. The summed E-state index contributed by atoms with van der Waals surface area (Å²) in [4.78, 5) is 34.5. The highest BCUT2D eigenvalue weighted by Gasteiger charge is 2.41. The maximum atomic E-state index is 13.1. The average molecular weight is 380 g/mol. The number of para-hydroxylation sites is 2. The van der Waals surface area contributed by atoms with Gasteiger partial charge in [0.1, 0.15) is 12.4 Å². The number of fused-ring (bicyclic) bond motifs is 1. The van der Waals surface area contributed by atoms with E-state index in [1.165, 1.54) is 12.8 Å². The van der Waals surface area contributed by atoms with E-state index in [0.717, 1.165) is 62.2 Å². The zero-order chi connectivity index (χ0) is 19.1. The molecular formula is C22H28N4O2. The molecule has 1 aromatic heterocycles. The Kier molecular flexibility index (Phi) is 4.57. The molecular weight excluding hydrogens is 352 g/mol. The van der Waals surface area contributed by atoms with Gasteiger partial charge in [0.2, 0.25) is 11.8 Å². The maximum Gasteiger partial charge on any atom is 0.242 e. The molecule has 1 atom stereocenters. The van der Waals surface area contributed by atoms with Crippen LogP contribution in [0.3, 0.4) is 0 Å². The van der Waals surface area contributed by atoms with Gasteiger partial charge in [-0.3, -0.25) is 9.59 Å². The smallest absolute Gasteiger partial charge is 0.242 e. The molecule has 2 aromatic rings. The molecule has 1 saturated carbocycles. The molecule has 0 spiro atoms. The van der Waals surface area contributed by atoms with Crippen LogP contribution >= 0.6 is 0 Å². The Labute approximate surface area is 165 Å². The molecule has 0 N–H and O–H groups in total. The lowest BCUT2D eigenvalue weighted by Crippen LogP contribution is -2.35. The van der Waals surface area contributed by atoms with Gasteiger partial charge in [0, 0.05) is 38.0 Å². The fourth-order valence-corrected chi connectivity index (χ4v) is 4.77. The second kappa shape index (κ2) is 7.22. The molecule has 1 aliphatic carbocycles. The first kappa shape index (κ1) is 17.7. The van der Waals surface area contributed by atoms with Gasteiger partial charge in [-0.05, 0) is 37.8 Å². The minimum Gasteiger partial charge on any atom is -0.341 e. The molecule has 5 rings (SSSR count). The molecule has 0 bridgehead atoms. The number of hydrogen-bond acceptors (Lipinski definition) is 3. The van der Waals surface area contributed by atoms with Crippen LogP contribution in [-0.4, -0.2) is 56.8 Å². The SMILES string of the molecule is O=C(Cn1c([C@@H]2CC(=O)N(C3CC3)C2)nc2ccccc21)N1CCCCCC1. The molecule has 2 aliphatic heterocycles. The topological polar surface area (TPSA) is 58.4 Å². The fourth-order valence-electron chi connectivity index (χ4n) is 4.77. The van der Waals surface area contributed by atoms with E-state index in [-0.39, 0.29) is 17.7 Å². The van der Waals surface area contributed by atoms with Gasteiger partial charge >= 0.3 is 0 Å². The Morgan fingerprint density at radius 3 is 2.57 bits per heavy atom. The highest BCUT2D eigenvalue weighted by molar-refractivity contribution is 5.83. The normalized spacial score (nSPS) is 23.4. The van der Waals surface area contributed by atoms with Crippen LogP contribution in [0.25, 0.3) is 11.0 Å². The quantitative estimate of drug-likeness (QED) is 0.819. The first-order chi connectivity index (χ1) is 13.7. The Morgan fingerprint density at radius 1 is 1.07 bits per heavy atom. The van der Waals surface area contributed by atoms with Crippen LogP contribution in [0.2, 0.25) is 0 Å². The van der Waals surface area contributed by atoms with E-state index < -0.39 is 0 Å². The number of carbonyl (C=O) groups excluding carboxylic acids is 2. The van der Waals surface area contributed by atoms with Crippen molar-refractivity contribution in [3.63, 3.8) is 0 Å². The summed E-state index contributed by atoms with van der Waals surface area (Å²) in [5.41, 5.74) is 1.91. The lowest BCUT2D eigenvalue weighted by atomic mass is 10.1. The standard InChI is InChI=1S/C22H28N4O2/c27-20-13-16(14-25(20)17-9-10-17)22-23-18-7-3-4-8-19(18)26(22)15-21(28)24-11-5-1-2-6-12-24/h3-4,7-8,16-17H,1-2,5-6,9-15H2/t16-/m1/s1. The van der Waals surface area contributed by atoms with Crippen LogP contribution in [0.4, 0.5) is 0 Å². The van der Waals surface area contributed by atoms with E-state index >= 15 is 0 Å². The monoisotopic (exact) mass is 380 g/mol. The van der Waals surface area contributed by atoms with Gasteiger partial charge in [-0.2, -0.15) is 0 Å². The molecule has 0 radical (unpaired) electrons. The van der Waals surface area contributed by atoms with E-state index in [0.29, 0.717) is 19.0 Å². The lowest BCUT2D eigenvalue weighted by molar-refractivity contribution is -0.131. The largest absolute Gasteiger partial charge is 0.341 e. The third-order valence-electron chi connectivity index (χ3n) is 6.45. The van der Waals surface area contributed by atoms with Crippen LogP contribution < -0.4 is 0 Å². The number of aromatic nitrogens is 2. The van der Waals surface area contributed by atoms with Crippen molar-refractivity contribution in [2.75, 3.05) is 19.6 Å². The minimum atomic E-state index is 0.0810. The average Bonchev–Trinajstić information content (AvgIpc) is 3.44. The van der Waals surface area contributed by atoms with E-state index in [9.17, 15) is 9.59 Å². The summed E-state index contributed by atoms with van der Waals surface area (Å²) >= 11 is 0. The minimum absolute atomic E-state index is 0.0810. The summed E-state index contributed by atoms with van der Waals surface area (Å²) < 4.78 is 2.08. The lowest BCUT2D eigenvalue weighted by Gasteiger charge is -2.22. The van der Waals surface area contributed by atoms with Gasteiger partial charge in [-0.15, -0.1) is 0 Å². The Balaban J connectivity index is 1.44. The predicted molar refractivity (Wildman–Crippen MR) is 107 cm³/mol. The van der Waals surface area contributed by atoms with Crippen molar-refractivity contribution in [2.24, 2.45) is 0 Å². The van der Waals surface area contributed by atoms with E-state index in [2.05, 4.69) is 4.57 Å². The fraction of sp³-hybridized carbons (Fsp3) is 0.591. The molecule has 148 valence electrons. The summed E-state index contributed by atoms with van der Waals surface area (Å²) in [6, 6.07) is 8.46. The Bertz CT molecular complexity index is 893. The summed E-state index contributed by atoms with van der Waals surface area (Å²) in [6.45, 7) is 2.78. The van der Waals surface area contributed by atoms with Crippen LogP contribution in [0, 0.1) is 0 Å². The summed E-state index contributed by atoms with van der Waals surface area (Å²) in [6.07, 6.45) is 7.38. The Hall–Kier alpha value is -2.37. The van der Waals surface area contributed by atoms with Gasteiger partial charge in [-0.25, -0.2) is 4.98 Å². The number of likely N-dealkylation sites (tertiary alicyclic amines) is 2. The number of imidazole rings is 1. The van der Waals surface area contributed by atoms with E-state index in [4.69, 9.17) is 4.98 Å². The Morgan fingerprint density at radius 2 is 1.82 bits per heavy atom. The van der Waals surface area contributed by atoms with Gasteiger partial charge < -0.3 is 14.4 Å². The summed E-state index contributed by atoms with van der Waals surface area (Å²) in [5, 5.41) is 0. The molecule has 6 nitrogen and oxygen atoms in total. The third-order valence-corrected chi connectivity index (χ3v) is 6.45. The first-order valence-electron chi connectivity index (χ1n) is 10.7. The summed E-state index contributed by atoms with van der Waals surface area (Å²) in [5.74, 6) is 1.40. The molecule has 2 saturated heterocycles. The number of carbonyl (C=O) groups is 2. The number of benzene rings is 1. The molecule has 1 aromatic carbocycles. The number of nitrogens with zero attached hydrogens (tertiary/aromatic N) is 4. The molecule has 6 heteroatoms. The highest BCUT2D eigenvalue weighted by atomic mass is 16.2. The zero-order valence-corrected chi connectivity index (χ0v) is 16.3.